The molecule has 0 spiro atoms. The van der Waals surface area contributed by atoms with Crippen LogP contribution >= 0.6 is 11.6 Å². The molecule has 1 aliphatic rings. The molecule has 0 fully saturated rings. The van der Waals surface area contributed by atoms with Crippen LogP contribution < -0.4 is 9.62 Å². The number of hydrogen-bond acceptors (Lipinski definition) is 4. The summed E-state index contributed by atoms with van der Waals surface area (Å²) in [6.45, 7) is 6.93. The van der Waals surface area contributed by atoms with Crippen molar-refractivity contribution < 1.29 is 17.9 Å². The van der Waals surface area contributed by atoms with Gasteiger partial charge in [0.1, 0.15) is 0 Å². The van der Waals surface area contributed by atoms with Crippen molar-refractivity contribution in [2.24, 2.45) is 0 Å². The Balaban J connectivity index is 1.74. The fourth-order valence-corrected chi connectivity index (χ4v) is 5.34. The Hall–Kier alpha value is -2.09. The van der Waals surface area contributed by atoms with Gasteiger partial charge in [0.2, 0.25) is 0 Å². The van der Waals surface area contributed by atoms with Gasteiger partial charge in [0.05, 0.1) is 16.7 Å². The van der Waals surface area contributed by atoms with Crippen molar-refractivity contribution in [3.8, 4) is 0 Å². The molecule has 30 heavy (non-hydrogen) atoms. The molecule has 1 aliphatic heterocycles. The molecule has 0 aliphatic carbocycles. The number of amides is 1. The minimum atomic E-state index is -3.72. The lowest BCUT2D eigenvalue weighted by atomic mass is 10.1. The van der Waals surface area contributed by atoms with Crippen LogP contribution in [0.1, 0.15) is 43.1 Å². The molecule has 0 radical (unpaired) electrons. The first-order valence-corrected chi connectivity index (χ1v) is 11.8. The Morgan fingerprint density at radius 1 is 1.23 bits per heavy atom. The predicted molar refractivity (Wildman–Crippen MR) is 119 cm³/mol. The van der Waals surface area contributed by atoms with Crippen LogP contribution in [0.2, 0.25) is 5.02 Å². The van der Waals surface area contributed by atoms with Crippen LogP contribution in [-0.2, 0) is 21.2 Å². The molecular weight excluding hydrogens is 424 g/mol. The lowest BCUT2D eigenvalue weighted by Gasteiger charge is -2.24. The number of carbonyl (C=O) groups excluding carboxylic acids is 1. The second-order valence-electron chi connectivity index (χ2n) is 7.68. The Kier molecular flexibility index (Phi) is 7.06. The summed E-state index contributed by atoms with van der Waals surface area (Å²) in [7, 11) is -3.72. The molecule has 1 heterocycles. The third kappa shape index (κ3) is 4.96. The van der Waals surface area contributed by atoms with E-state index in [4.69, 9.17) is 16.3 Å². The highest BCUT2D eigenvalue weighted by molar-refractivity contribution is 7.92. The summed E-state index contributed by atoms with van der Waals surface area (Å²) in [5.41, 5.74) is 1.98. The van der Waals surface area contributed by atoms with Crippen LogP contribution in [0.15, 0.2) is 47.4 Å². The molecule has 0 saturated carbocycles. The minimum Gasteiger partial charge on any atom is -0.379 e. The first-order chi connectivity index (χ1) is 14.2. The third-order valence-electron chi connectivity index (χ3n) is 4.92. The number of nitrogens with zero attached hydrogens (tertiary/aromatic N) is 1. The number of carbonyl (C=O) groups is 1. The topological polar surface area (TPSA) is 75.7 Å². The van der Waals surface area contributed by atoms with Crippen LogP contribution in [0, 0.1) is 0 Å². The first kappa shape index (κ1) is 22.6. The number of rotatable bonds is 8. The highest BCUT2D eigenvalue weighted by Crippen LogP contribution is 2.37. The summed E-state index contributed by atoms with van der Waals surface area (Å²) < 4.78 is 33.3. The van der Waals surface area contributed by atoms with Crippen LogP contribution in [-0.4, -0.2) is 39.6 Å². The molecule has 162 valence electrons. The first-order valence-electron chi connectivity index (χ1n) is 10.0. The largest absolute Gasteiger partial charge is 0.379 e. The van der Waals surface area contributed by atoms with Crippen molar-refractivity contribution in [2.45, 2.75) is 50.7 Å². The quantitative estimate of drug-likeness (QED) is 0.616. The van der Waals surface area contributed by atoms with Gasteiger partial charge in [0.25, 0.3) is 15.9 Å². The van der Waals surface area contributed by atoms with E-state index in [1.165, 1.54) is 16.4 Å². The van der Waals surface area contributed by atoms with E-state index < -0.39 is 10.0 Å². The zero-order chi connectivity index (χ0) is 21.9. The van der Waals surface area contributed by atoms with Crippen LogP contribution in [0.25, 0.3) is 0 Å². The Morgan fingerprint density at radius 2 is 1.93 bits per heavy atom. The average Bonchev–Trinajstić information content (AvgIpc) is 3.03. The molecule has 0 bridgehead atoms. The van der Waals surface area contributed by atoms with Gasteiger partial charge >= 0.3 is 0 Å². The second-order valence-corrected chi connectivity index (χ2v) is 9.93. The number of sulfonamides is 1. The highest BCUT2D eigenvalue weighted by Gasteiger charge is 2.36. The van der Waals surface area contributed by atoms with Crippen molar-refractivity contribution in [1.82, 2.24) is 5.32 Å². The van der Waals surface area contributed by atoms with E-state index in [2.05, 4.69) is 5.32 Å². The van der Waals surface area contributed by atoms with Gasteiger partial charge in [-0.1, -0.05) is 11.6 Å². The summed E-state index contributed by atoms with van der Waals surface area (Å²) in [4.78, 5) is 12.7. The molecule has 6 nitrogen and oxygen atoms in total. The molecule has 3 rings (SSSR count). The van der Waals surface area contributed by atoms with Crippen LogP contribution in [0.4, 0.5) is 5.69 Å². The van der Waals surface area contributed by atoms with Crippen LogP contribution in [0.5, 0.6) is 0 Å². The van der Waals surface area contributed by atoms with Crippen molar-refractivity contribution in [1.29, 1.82) is 0 Å². The van der Waals surface area contributed by atoms with Gasteiger partial charge in [-0.2, -0.15) is 0 Å². The van der Waals surface area contributed by atoms with E-state index in [0.29, 0.717) is 35.8 Å². The fourth-order valence-electron chi connectivity index (χ4n) is 3.53. The molecule has 8 heteroatoms. The Labute approximate surface area is 183 Å². The van der Waals surface area contributed by atoms with Crippen LogP contribution in [0.3, 0.4) is 0 Å². The maximum atomic E-state index is 13.2. The van der Waals surface area contributed by atoms with E-state index >= 15 is 0 Å². The Morgan fingerprint density at radius 3 is 2.60 bits per heavy atom. The number of benzene rings is 2. The molecular formula is C22H27ClN2O4S. The SMILES string of the molecule is CC(C)OCCCNC(=O)c1ccc2c(c1)C[C@H](C)N2S(=O)(=O)c1ccc(Cl)cc1. The van der Waals surface area contributed by atoms with E-state index in [1.54, 1.807) is 30.3 Å². The van der Waals surface area contributed by atoms with E-state index in [9.17, 15) is 13.2 Å². The maximum absolute atomic E-state index is 13.2. The fraction of sp³-hybridized carbons (Fsp3) is 0.409. The van der Waals surface area contributed by atoms with Crippen molar-refractivity contribution in [3.63, 3.8) is 0 Å². The molecule has 1 N–H and O–H groups in total. The minimum absolute atomic E-state index is 0.172. The smallest absolute Gasteiger partial charge is 0.264 e. The van der Waals surface area contributed by atoms with Gasteiger partial charge in [0, 0.05) is 29.8 Å². The monoisotopic (exact) mass is 450 g/mol. The predicted octanol–water partition coefficient (Wildman–Crippen LogP) is 4.02. The van der Waals surface area contributed by atoms with Gasteiger partial charge in [-0.25, -0.2) is 8.42 Å². The molecule has 0 unspecified atom stereocenters. The second kappa shape index (κ2) is 9.37. The van der Waals surface area contributed by atoms with Crippen molar-refractivity contribution in [2.75, 3.05) is 17.5 Å². The number of halogens is 1. The summed E-state index contributed by atoms with van der Waals surface area (Å²) >= 11 is 5.89. The van der Waals surface area contributed by atoms with Gasteiger partial charge < -0.3 is 10.1 Å². The molecule has 2 aromatic rings. The van der Waals surface area contributed by atoms with Gasteiger partial charge in [0.15, 0.2) is 0 Å². The maximum Gasteiger partial charge on any atom is 0.264 e. The summed E-state index contributed by atoms with van der Waals surface area (Å²) in [6, 6.07) is 11.1. The number of hydrogen-bond donors (Lipinski definition) is 1. The zero-order valence-corrected chi connectivity index (χ0v) is 19.0. The van der Waals surface area contributed by atoms with Gasteiger partial charge in [-0.3, -0.25) is 9.10 Å². The summed E-state index contributed by atoms with van der Waals surface area (Å²) in [5, 5.41) is 3.37. The van der Waals surface area contributed by atoms with Crippen molar-refractivity contribution in [3.05, 3.63) is 58.6 Å². The van der Waals surface area contributed by atoms with E-state index in [1.807, 2.05) is 20.8 Å². The third-order valence-corrected chi connectivity index (χ3v) is 7.12. The normalized spacial score (nSPS) is 16.0. The summed E-state index contributed by atoms with van der Waals surface area (Å²) in [6.07, 6.45) is 1.45. The number of anilines is 1. The van der Waals surface area contributed by atoms with Gasteiger partial charge in [-0.05, 0) is 81.6 Å². The lowest BCUT2D eigenvalue weighted by molar-refractivity contribution is 0.0757. The van der Waals surface area contributed by atoms with Crippen molar-refractivity contribution >= 4 is 33.2 Å². The molecule has 0 aromatic heterocycles. The standard InChI is InChI=1S/C22H27ClN2O4S/c1-15(2)29-12-4-11-24-22(26)17-5-10-21-18(14-17)13-16(3)25(21)30(27,28)20-8-6-19(23)7-9-20/h5-10,14-16H,4,11-13H2,1-3H3,(H,24,26)/t16-/m0/s1. The molecule has 0 saturated heterocycles. The average molecular weight is 451 g/mol. The molecule has 1 amide bonds. The molecule has 2 aromatic carbocycles. The number of fused-ring (bicyclic) bond motifs is 1. The highest BCUT2D eigenvalue weighted by atomic mass is 35.5. The zero-order valence-electron chi connectivity index (χ0n) is 17.4. The number of nitrogens with one attached hydrogen (secondary N) is 1. The number of ether oxygens (including phenoxy) is 1. The summed E-state index contributed by atoms with van der Waals surface area (Å²) in [5.74, 6) is -0.172. The van der Waals surface area contributed by atoms with Gasteiger partial charge in [-0.15, -0.1) is 0 Å². The molecule has 1 atom stereocenters. The lowest BCUT2D eigenvalue weighted by Crippen LogP contribution is -2.35. The Bertz CT molecular complexity index is 1010. The van der Waals surface area contributed by atoms with E-state index in [-0.39, 0.29) is 22.9 Å². The van der Waals surface area contributed by atoms with E-state index in [0.717, 1.165) is 12.0 Å².